The predicted molar refractivity (Wildman–Crippen MR) is 79.2 cm³/mol. The quantitative estimate of drug-likeness (QED) is 0.314. The second-order valence-corrected chi connectivity index (χ2v) is 5.87. The van der Waals surface area contributed by atoms with E-state index >= 15 is 0 Å². The monoisotopic (exact) mass is 298 g/mol. The fraction of sp³-hybridized carbons (Fsp3) is 0.857. The SMILES string of the molecule is CCOC1CC(CC(=O)N2CCN(CC(N)=NO)CC2)C1. The van der Waals surface area contributed by atoms with Gasteiger partial charge in [-0.05, 0) is 25.7 Å². The van der Waals surface area contributed by atoms with Crippen molar-refractivity contribution in [1.29, 1.82) is 0 Å². The molecule has 0 radical (unpaired) electrons. The summed E-state index contributed by atoms with van der Waals surface area (Å²) < 4.78 is 5.52. The molecule has 0 aromatic carbocycles. The third-order valence-corrected chi connectivity index (χ3v) is 4.30. The van der Waals surface area contributed by atoms with Crippen LogP contribution in [0.1, 0.15) is 26.2 Å². The molecule has 0 bridgehead atoms. The van der Waals surface area contributed by atoms with E-state index in [4.69, 9.17) is 15.7 Å². The topological polar surface area (TPSA) is 91.4 Å². The number of amides is 1. The Labute approximate surface area is 125 Å². The summed E-state index contributed by atoms with van der Waals surface area (Å²) in [4.78, 5) is 16.2. The van der Waals surface area contributed by atoms with Gasteiger partial charge in [-0.15, -0.1) is 0 Å². The second kappa shape index (κ2) is 7.61. The van der Waals surface area contributed by atoms with Gasteiger partial charge >= 0.3 is 0 Å². The van der Waals surface area contributed by atoms with Crippen molar-refractivity contribution < 1.29 is 14.7 Å². The zero-order valence-corrected chi connectivity index (χ0v) is 12.7. The number of ether oxygens (including phenoxy) is 1. The molecule has 1 heterocycles. The van der Waals surface area contributed by atoms with Crippen LogP contribution in [0.25, 0.3) is 0 Å². The molecule has 2 rings (SSSR count). The molecule has 7 nitrogen and oxygen atoms in total. The van der Waals surface area contributed by atoms with Crippen molar-refractivity contribution in [1.82, 2.24) is 9.80 Å². The lowest BCUT2D eigenvalue weighted by molar-refractivity contribution is -0.136. The van der Waals surface area contributed by atoms with Gasteiger partial charge in [0.25, 0.3) is 0 Å². The minimum atomic E-state index is 0.214. The van der Waals surface area contributed by atoms with E-state index in [1.165, 1.54) is 0 Å². The van der Waals surface area contributed by atoms with E-state index in [1.54, 1.807) is 0 Å². The molecular weight excluding hydrogens is 272 g/mol. The van der Waals surface area contributed by atoms with E-state index in [-0.39, 0.29) is 11.7 Å². The molecule has 3 N–H and O–H groups in total. The third-order valence-electron chi connectivity index (χ3n) is 4.30. The maximum absolute atomic E-state index is 12.2. The number of hydrogen-bond acceptors (Lipinski definition) is 5. The molecule has 1 amide bonds. The summed E-state index contributed by atoms with van der Waals surface area (Å²) in [6, 6.07) is 0. The molecule has 0 unspecified atom stereocenters. The molecule has 0 atom stereocenters. The highest BCUT2D eigenvalue weighted by atomic mass is 16.5. The van der Waals surface area contributed by atoms with Gasteiger partial charge < -0.3 is 20.6 Å². The Morgan fingerprint density at radius 3 is 2.57 bits per heavy atom. The number of carbonyl (C=O) groups excluding carboxylic acids is 1. The third kappa shape index (κ3) is 4.57. The van der Waals surface area contributed by atoms with Gasteiger partial charge in [0.1, 0.15) is 0 Å². The van der Waals surface area contributed by atoms with Crippen LogP contribution in [0.5, 0.6) is 0 Å². The first-order chi connectivity index (χ1) is 10.1. The summed E-state index contributed by atoms with van der Waals surface area (Å²) in [7, 11) is 0. The smallest absolute Gasteiger partial charge is 0.222 e. The minimum Gasteiger partial charge on any atom is -0.409 e. The Bertz CT molecular complexity index is 374. The number of carbonyl (C=O) groups is 1. The molecule has 0 aromatic rings. The average molecular weight is 298 g/mol. The Hall–Kier alpha value is -1.34. The minimum absolute atomic E-state index is 0.214. The highest BCUT2D eigenvalue weighted by molar-refractivity contribution is 5.81. The van der Waals surface area contributed by atoms with Gasteiger partial charge in [-0.3, -0.25) is 9.69 Å². The van der Waals surface area contributed by atoms with Crippen LogP contribution < -0.4 is 5.73 Å². The van der Waals surface area contributed by atoms with Gasteiger partial charge in [0.2, 0.25) is 5.91 Å². The van der Waals surface area contributed by atoms with Gasteiger partial charge in [-0.2, -0.15) is 0 Å². The predicted octanol–water partition coefficient (Wildman–Crippen LogP) is 0.0822. The first-order valence-corrected chi connectivity index (χ1v) is 7.70. The lowest BCUT2D eigenvalue weighted by Crippen LogP contribution is -2.51. The maximum atomic E-state index is 12.2. The number of piperazine rings is 1. The van der Waals surface area contributed by atoms with E-state index in [9.17, 15) is 4.79 Å². The summed E-state index contributed by atoms with van der Waals surface area (Å²) in [5.41, 5.74) is 5.49. The van der Waals surface area contributed by atoms with Crippen molar-refractivity contribution in [3.05, 3.63) is 0 Å². The molecule has 1 aliphatic heterocycles. The second-order valence-electron chi connectivity index (χ2n) is 5.87. The number of oxime groups is 1. The van der Waals surface area contributed by atoms with E-state index in [0.717, 1.165) is 45.6 Å². The fourth-order valence-electron chi connectivity index (χ4n) is 3.01. The van der Waals surface area contributed by atoms with Gasteiger partial charge in [-0.1, -0.05) is 5.16 Å². The number of hydrogen-bond donors (Lipinski definition) is 2. The van der Waals surface area contributed by atoms with E-state index in [2.05, 4.69) is 10.1 Å². The van der Waals surface area contributed by atoms with Crippen molar-refractivity contribution in [2.45, 2.75) is 32.3 Å². The lowest BCUT2D eigenvalue weighted by atomic mass is 9.79. The average Bonchev–Trinajstić information content (AvgIpc) is 2.45. The van der Waals surface area contributed by atoms with Crippen LogP contribution in [0.3, 0.4) is 0 Å². The van der Waals surface area contributed by atoms with Crippen molar-refractivity contribution in [3.63, 3.8) is 0 Å². The van der Waals surface area contributed by atoms with Crippen LogP contribution in [0.15, 0.2) is 5.16 Å². The Morgan fingerprint density at radius 1 is 1.33 bits per heavy atom. The molecule has 1 saturated heterocycles. The Balaban J connectivity index is 1.65. The van der Waals surface area contributed by atoms with E-state index in [0.29, 0.717) is 25.0 Å². The Morgan fingerprint density at radius 2 is 2.00 bits per heavy atom. The molecule has 7 heteroatoms. The highest BCUT2D eigenvalue weighted by Gasteiger charge is 2.32. The zero-order valence-electron chi connectivity index (χ0n) is 12.7. The summed E-state index contributed by atoms with van der Waals surface area (Å²) in [5.74, 6) is 0.953. The van der Waals surface area contributed by atoms with Crippen LogP contribution in [-0.4, -0.2) is 72.2 Å². The molecule has 2 fully saturated rings. The standard InChI is InChI=1S/C14H26N4O3/c1-2-21-12-7-11(8-12)9-14(19)18-5-3-17(4-6-18)10-13(15)16-20/h11-12,20H,2-10H2,1H3,(H2,15,16). The normalized spacial score (nSPS) is 27.5. The van der Waals surface area contributed by atoms with Crippen LogP contribution in [-0.2, 0) is 9.53 Å². The van der Waals surface area contributed by atoms with Crippen LogP contribution >= 0.6 is 0 Å². The van der Waals surface area contributed by atoms with Gasteiger partial charge in [0, 0.05) is 39.2 Å². The van der Waals surface area contributed by atoms with Gasteiger partial charge in [-0.25, -0.2) is 0 Å². The lowest BCUT2D eigenvalue weighted by Gasteiger charge is -2.38. The Kier molecular flexibility index (Phi) is 5.81. The highest BCUT2D eigenvalue weighted by Crippen LogP contribution is 2.33. The fourth-order valence-corrected chi connectivity index (χ4v) is 3.01. The van der Waals surface area contributed by atoms with Gasteiger partial charge in [0.05, 0.1) is 12.6 Å². The molecule has 1 saturated carbocycles. The number of nitrogens with zero attached hydrogens (tertiary/aromatic N) is 3. The van der Waals surface area contributed by atoms with Crippen molar-refractivity contribution in [3.8, 4) is 0 Å². The molecule has 2 aliphatic rings. The van der Waals surface area contributed by atoms with Crippen LogP contribution in [0.2, 0.25) is 0 Å². The van der Waals surface area contributed by atoms with Crippen molar-refractivity contribution in [2.75, 3.05) is 39.3 Å². The summed E-state index contributed by atoms with van der Waals surface area (Å²) in [6.45, 7) is 6.21. The van der Waals surface area contributed by atoms with E-state index < -0.39 is 0 Å². The molecule has 0 spiro atoms. The molecule has 21 heavy (non-hydrogen) atoms. The van der Waals surface area contributed by atoms with Crippen LogP contribution in [0, 0.1) is 5.92 Å². The number of rotatable bonds is 6. The molecule has 120 valence electrons. The van der Waals surface area contributed by atoms with Gasteiger partial charge in [0.15, 0.2) is 5.84 Å². The molecule has 1 aliphatic carbocycles. The molecule has 0 aromatic heterocycles. The largest absolute Gasteiger partial charge is 0.409 e. The number of amidine groups is 1. The van der Waals surface area contributed by atoms with Crippen molar-refractivity contribution in [2.24, 2.45) is 16.8 Å². The van der Waals surface area contributed by atoms with Crippen LogP contribution in [0.4, 0.5) is 0 Å². The zero-order chi connectivity index (χ0) is 15.2. The first kappa shape index (κ1) is 16.0. The summed E-state index contributed by atoms with van der Waals surface area (Å²) in [6.07, 6.45) is 3.04. The van der Waals surface area contributed by atoms with E-state index in [1.807, 2.05) is 11.8 Å². The maximum Gasteiger partial charge on any atom is 0.222 e. The molecular formula is C14H26N4O3. The summed E-state index contributed by atoms with van der Waals surface area (Å²) in [5, 5.41) is 11.5. The summed E-state index contributed by atoms with van der Waals surface area (Å²) >= 11 is 0. The van der Waals surface area contributed by atoms with Crippen molar-refractivity contribution >= 4 is 11.7 Å². The first-order valence-electron chi connectivity index (χ1n) is 7.70. The number of nitrogens with two attached hydrogens (primary N) is 1.